The minimum Gasteiger partial charge on any atom is -0.315 e. The first-order chi connectivity index (χ1) is 14.7. The molecule has 1 unspecified atom stereocenters. The van der Waals surface area contributed by atoms with E-state index in [9.17, 15) is 0 Å². The van der Waals surface area contributed by atoms with Gasteiger partial charge in [0.2, 0.25) is 0 Å². The van der Waals surface area contributed by atoms with Crippen LogP contribution in [0.3, 0.4) is 0 Å². The molecule has 0 amide bonds. The van der Waals surface area contributed by atoms with E-state index in [1.54, 1.807) is 6.20 Å². The zero-order chi connectivity index (χ0) is 20.5. The minimum absolute atomic E-state index is 0.0561. The van der Waals surface area contributed by atoms with Gasteiger partial charge in [-0.3, -0.25) is 14.6 Å². The molecule has 3 heterocycles. The van der Waals surface area contributed by atoms with E-state index in [1.165, 1.54) is 5.56 Å². The molecule has 1 N–H and O–H groups in total. The van der Waals surface area contributed by atoms with Gasteiger partial charge in [0.1, 0.15) is 5.69 Å². The van der Waals surface area contributed by atoms with Crippen LogP contribution in [0.2, 0.25) is 0 Å². The van der Waals surface area contributed by atoms with Gasteiger partial charge in [0.15, 0.2) is 16.4 Å². The maximum atomic E-state index is 5.57. The molecule has 5 aromatic rings. The number of hydrogen-bond acceptors (Lipinski definition) is 4. The third-order valence-electron chi connectivity index (χ3n) is 5.29. The van der Waals surface area contributed by atoms with Crippen molar-refractivity contribution in [2.24, 2.45) is 0 Å². The number of fused-ring (bicyclic) bond motifs is 1. The van der Waals surface area contributed by atoms with Crippen LogP contribution in [-0.2, 0) is 6.54 Å². The van der Waals surface area contributed by atoms with Crippen molar-refractivity contribution in [1.29, 1.82) is 0 Å². The van der Waals surface area contributed by atoms with Gasteiger partial charge in [-0.2, -0.15) is 5.10 Å². The van der Waals surface area contributed by atoms with Crippen molar-refractivity contribution in [3.05, 3.63) is 95.2 Å². The van der Waals surface area contributed by atoms with E-state index in [2.05, 4.69) is 49.4 Å². The van der Waals surface area contributed by atoms with Gasteiger partial charge in [0.05, 0.1) is 23.6 Å². The Balaban J connectivity index is 1.64. The number of nitrogens with zero attached hydrogens (tertiary/aromatic N) is 5. The molecule has 2 aromatic carbocycles. The van der Waals surface area contributed by atoms with E-state index < -0.39 is 0 Å². The first-order valence-corrected chi connectivity index (χ1v) is 10.2. The van der Waals surface area contributed by atoms with E-state index >= 15 is 0 Å². The van der Waals surface area contributed by atoms with Crippen LogP contribution in [0.1, 0.15) is 24.4 Å². The highest BCUT2D eigenvalue weighted by atomic mass is 32.1. The molecule has 7 heteroatoms. The maximum Gasteiger partial charge on any atom is 0.195 e. The van der Waals surface area contributed by atoms with Crippen molar-refractivity contribution >= 4 is 23.3 Å². The summed E-state index contributed by atoms with van der Waals surface area (Å²) in [6.45, 7) is 2.66. The van der Waals surface area contributed by atoms with Crippen molar-refractivity contribution in [3.8, 4) is 11.5 Å². The molecule has 148 valence electrons. The fourth-order valence-electron chi connectivity index (χ4n) is 3.80. The van der Waals surface area contributed by atoms with Gasteiger partial charge in [0.25, 0.3) is 0 Å². The summed E-state index contributed by atoms with van der Waals surface area (Å²) in [4.78, 5) is 9.36. The molecule has 30 heavy (non-hydrogen) atoms. The molecule has 0 saturated carbocycles. The van der Waals surface area contributed by atoms with Crippen LogP contribution in [0, 0.1) is 4.77 Å². The zero-order valence-electron chi connectivity index (χ0n) is 16.4. The number of benzene rings is 2. The first kappa shape index (κ1) is 18.4. The number of rotatable bonds is 5. The molecule has 6 nitrogen and oxygen atoms in total. The zero-order valence-corrected chi connectivity index (χ0v) is 17.3. The molecule has 0 aliphatic heterocycles. The van der Waals surface area contributed by atoms with Crippen LogP contribution in [-0.4, -0.2) is 29.3 Å². The SMILES string of the molecule is CC(c1ccccc1)n1c(Cn2c(-c3ccccn3)nc3ccccc32)n[nH]c1=S. The lowest BCUT2D eigenvalue weighted by Crippen LogP contribution is -2.14. The highest BCUT2D eigenvalue weighted by molar-refractivity contribution is 7.71. The summed E-state index contributed by atoms with van der Waals surface area (Å²) in [6.07, 6.45) is 1.78. The molecule has 1 atom stereocenters. The Bertz CT molecular complexity index is 1350. The predicted molar refractivity (Wildman–Crippen MR) is 120 cm³/mol. The predicted octanol–water partition coefficient (Wildman–Crippen LogP) is 5.01. The van der Waals surface area contributed by atoms with Gasteiger partial charge in [-0.15, -0.1) is 0 Å². The van der Waals surface area contributed by atoms with Gasteiger partial charge < -0.3 is 4.57 Å². The first-order valence-electron chi connectivity index (χ1n) is 9.80. The molecule has 0 radical (unpaired) electrons. The molecule has 0 aliphatic carbocycles. The molecule has 0 saturated heterocycles. The number of aromatic amines is 1. The quantitative estimate of drug-likeness (QED) is 0.412. The summed E-state index contributed by atoms with van der Waals surface area (Å²) in [5.74, 6) is 1.65. The van der Waals surface area contributed by atoms with Crippen molar-refractivity contribution in [2.75, 3.05) is 0 Å². The Morgan fingerprint density at radius 3 is 2.53 bits per heavy atom. The van der Waals surface area contributed by atoms with E-state index in [4.69, 9.17) is 17.2 Å². The van der Waals surface area contributed by atoms with E-state index in [-0.39, 0.29) is 6.04 Å². The number of H-pyrrole nitrogens is 1. The molecule has 0 bridgehead atoms. The van der Waals surface area contributed by atoms with Crippen molar-refractivity contribution in [1.82, 2.24) is 29.3 Å². The largest absolute Gasteiger partial charge is 0.315 e. The summed E-state index contributed by atoms with van der Waals surface area (Å²) < 4.78 is 4.82. The lowest BCUT2D eigenvalue weighted by atomic mass is 10.1. The van der Waals surface area contributed by atoms with E-state index in [0.29, 0.717) is 11.3 Å². The molecule has 3 aromatic heterocycles. The van der Waals surface area contributed by atoms with Crippen LogP contribution in [0.15, 0.2) is 79.0 Å². The maximum absolute atomic E-state index is 5.57. The Hall–Kier alpha value is -3.58. The minimum atomic E-state index is 0.0561. The standard InChI is InChI=1S/C23H20N6S/c1-16(17-9-3-2-4-10-17)29-21(26-27-23(29)30)15-28-20-13-6-5-11-18(20)25-22(28)19-12-7-8-14-24-19/h2-14,16H,15H2,1H3,(H,27,30). The molecule has 0 spiro atoms. The number of aromatic nitrogens is 6. The fourth-order valence-corrected chi connectivity index (χ4v) is 4.11. The number of hydrogen-bond donors (Lipinski definition) is 1. The average Bonchev–Trinajstić information content (AvgIpc) is 3.35. The van der Waals surface area contributed by atoms with E-state index in [0.717, 1.165) is 28.4 Å². The number of nitrogens with one attached hydrogen (secondary N) is 1. The summed E-state index contributed by atoms with van der Waals surface area (Å²) in [6, 6.07) is 24.3. The second-order valence-electron chi connectivity index (χ2n) is 7.13. The van der Waals surface area contributed by atoms with E-state index in [1.807, 2.05) is 54.6 Å². The van der Waals surface area contributed by atoms with Gasteiger partial charge >= 0.3 is 0 Å². The molecular formula is C23H20N6S. The lowest BCUT2D eigenvalue weighted by Gasteiger charge is -2.17. The van der Waals surface area contributed by atoms with Crippen LogP contribution in [0.25, 0.3) is 22.6 Å². The Kier molecular flexibility index (Phi) is 4.72. The van der Waals surface area contributed by atoms with Crippen molar-refractivity contribution < 1.29 is 0 Å². The number of pyridine rings is 1. The van der Waals surface area contributed by atoms with Crippen LogP contribution >= 0.6 is 12.2 Å². The third kappa shape index (κ3) is 3.23. The van der Waals surface area contributed by atoms with Crippen LogP contribution < -0.4 is 0 Å². The Labute approximate surface area is 178 Å². The van der Waals surface area contributed by atoms with Gasteiger partial charge in [0, 0.05) is 6.20 Å². The summed E-state index contributed by atoms with van der Waals surface area (Å²) in [7, 11) is 0. The summed E-state index contributed by atoms with van der Waals surface area (Å²) in [5.41, 5.74) is 3.96. The fraction of sp³-hybridized carbons (Fsp3) is 0.130. The molecular weight excluding hydrogens is 392 g/mol. The molecule has 0 aliphatic rings. The second-order valence-corrected chi connectivity index (χ2v) is 7.51. The summed E-state index contributed by atoms with van der Waals surface area (Å²) >= 11 is 5.57. The number of imidazole rings is 1. The van der Waals surface area contributed by atoms with Gasteiger partial charge in [-0.25, -0.2) is 4.98 Å². The summed E-state index contributed by atoms with van der Waals surface area (Å²) in [5, 5.41) is 7.53. The van der Waals surface area contributed by atoms with Crippen LogP contribution in [0.5, 0.6) is 0 Å². The Morgan fingerprint density at radius 1 is 0.967 bits per heavy atom. The monoisotopic (exact) mass is 412 g/mol. The smallest absolute Gasteiger partial charge is 0.195 e. The van der Waals surface area contributed by atoms with Gasteiger partial charge in [-0.05, 0) is 49.0 Å². The van der Waals surface area contributed by atoms with Gasteiger partial charge in [-0.1, -0.05) is 48.5 Å². The van der Waals surface area contributed by atoms with Crippen LogP contribution in [0.4, 0.5) is 0 Å². The molecule has 5 rings (SSSR count). The lowest BCUT2D eigenvalue weighted by molar-refractivity contribution is 0.580. The highest BCUT2D eigenvalue weighted by Crippen LogP contribution is 2.26. The Morgan fingerprint density at radius 2 is 1.73 bits per heavy atom. The third-order valence-corrected chi connectivity index (χ3v) is 5.58. The molecule has 0 fully saturated rings. The second kappa shape index (κ2) is 7.68. The topological polar surface area (TPSA) is 64.3 Å². The highest BCUT2D eigenvalue weighted by Gasteiger charge is 2.19. The van der Waals surface area contributed by atoms with Crippen molar-refractivity contribution in [2.45, 2.75) is 19.5 Å². The average molecular weight is 413 g/mol. The number of para-hydroxylation sites is 2. The van der Waals surface area contributed by atoms with Crippen molar-refractivity contribution in [3.63, 3.8) is 0 Å². The normalized spacial score (nSPS) is 12.3.